The van der Waals surface area contributed by atoms with Gasteiger partial charge in [0.15, 0.2) is 5.82 Å². The molecule has 3 heterocycles. The summed E-state index contributed by atoms with van der Waals surface area (Å²) >= 11 is 0. The molecule has 0 amide bonds. The molecule has 4 aromatic rings. The molecule has 2 aromatic heterocycles. The highest BCUT2D eigenvalue weighted by molar-refractivity contribution is 6.01. The summed E-state index contributed by atoms with van der Waals surface area (Å²) in [5, 5.41) is 21.8. The van der Waals surface area contributed by atoms with Crippen molar-refractivity contribution in [2.24, 2.45) is 0 Å². The number of ether oxygens (including phenoxy) is 1. The maximum atomic E-state index is 10.6. The molecule has 0 aliphatic carbocycles. The molecule has 1 aliphatic heterocycles. The molecular weight excluding hydrogens is 412 g/mol. The zero-order chi connectivity index (χ0) is 23.0. The summed E-state index contributed by atoms with van der Waals surface area (Å²) < 4.78 is 6.00. The molecule has 5 rings (SSSR count). The smallest absolute Gasteiger partial charge is 0.165 e. The second-order valence-corrected chi connectivity index (χ2v) is 9.27. The van der Waals surface area contributed by atoms with E-state index in [1.807, 2.05) is 49.5 Å². The van der Waals surface area contributed by atoms with E-state index in [9.17, 15) is 5.11 Å². The second kappa shape index (κ2) is 8.45. The van der Waals surface area contributed by atoms with Gasteiger partial charge in [0.05, 0.1) is 5.60 Å². The molecular formula is C27H28N4O2. The van der Waals surface area contributed by atoms with Crippen molar-refractivity contribution in [3.05, 3.63) is 72.6 Å². The number of para-hydroxylation sites is 1. The fourth-order valence-corrected chi connectivity index (χ4v) is 4.72. The number of fused-ring (bicyclic) bond motifs is 1. The van der Waals surface area contributed by atoms with Crippen LogP contribution in [0.3, 0.4) is 0 Å². The minimum atomic E-state index is -0.217. The summed E-state index contributed by atoms with van der Waals surface area (Å²) in [4.78, 5) is 6.69. The quantitative estimate of drug-likeness (QED) is 0.432. The van der Waals surface area contributed by atoms with E-state index in [-0.39, 0.29) is 17.4 Å². The number of hydrogen-bond donors (Lipinski definition) is 1. The van der Waals surface area contributed by atoms with Crippen molar-refractivity contribution in [1.29, 1.82) is 0 Å². The molecule has 6 heteroatoms. The first-order chi connectivity index (χ1) is 15.9. The number of phenols is 1. The molecule has 0 unspecified atom stereocenters. The number of rotatable bonds is 4. The Hall–Kier alpha value is -3.51. The normalized spacial score (nSPS) is 17.7. The molecule has 1 aliphatic rings. The van der Waals surface area contributed by atoms with Crippen molar-refractivity contribution >= 4 is 22.3 Å². The molecule has 1 fully saturated rings. The van der Waals surface area contributed by atoms with E-state index in [0.717, 1.165) is 40.7 Å². The van der Waals surface area contributed by atoms with E-state index in [0.29, 0.717) is 17.9 Å². The third-order valence-corrected chi connectivity index (χ3v) is 6.27. The zero-order valence-electron chi connectivity index (χ0n) is 19.2. The number of aromatic hydroxyl groups is 1. The van der Waals surface area contributed by atoms with Crippen molar-refractivity contribution < 1.29 is 9.84 Å². The van der Waals surface area contributed by atoms with Gasteiger partial charge in [0.1, 0.15) is 11.4 Å². The number of aryl methyl sites for hydroxylation is 1. The van der Waals surface area contributed by atoms with Gasteiger partial charge in [-0.1, -0.05) is 24.3 Å². The molecule has 168 valence electrons. The van der Waals surface area contributed by atoms with Gasteiger partial charge in [-0.05, 0) is 69.5 Å². The van der Waals surface area contributed by atoms with Gasteiger partial charge in [0.2, 0.25) is 0 Å². The van der Waals surface area contributed by atoms with Crippen LogP contribution in [0, 0.1) is 6.92 Å². The van der Waals surface area contributed by atoms with Gasteiger partial charge in [0, 0.05) is 47.1 Å². The maximum absolute atomic E-state index is 10.6. The Balaban J connectivity index is 1.70. The Morgan fingerprint density at radius 3 is 2.61 bits per heavy atom. The lowest BCUT2D eigenvalue weighted by Crippen LogP contribution is -2.44. The molecule has 6 nitrogen and oxygen atoms in total. The Labute approximate surface area is 193 Å². The van der Waals surface area contributed by atoms with Crippen LogP contribution in [0.15, 0.2) is 67.0 Å². The van der Waals surface area contributed by atoms with Crippen molar-refractivity contribution in [3.63, 3.8) is 0 Å². The van der Waals surface area contributed by atoms with Crippen LogP contribution in [0.1, 0.15) is 32.3 Å². The van der Waals surface area contributed by atoms with Crippen molar-refractivity contribution in [2.45, 2.75) is 45.3 Å². The number of anilines is 2. The number of pyridine rings is 1. The Kier molecular flexibility index (Phi) is 5.46. The van der Waals surface area contributed by atoms with Crippen LogP contribution < -0.4 is 4.90 Å². The minimum Gasteiger partial charge on any atom is -0.507 e. The first-order valence-electron chi connectivity index (χ1n) is 11.3. The average molecular weight is 441 g/mol. The molecule has 0 spiro atoms. The van der Waals surface area contributed by atoms with Gasteiger partial charge < -0.3 is 14.7 Å². The summed E-state index contributed by atoms with van der Waals surface area (Å²) in [7, 11) is 0. The highest BCUT2D eigenvalue weighted by Crippen LogP contribution is 2.40. The predicted octanol–water partition coefficient (Wildman–Crippen LogP) is 5.80. The van der Waals surface area contributed by atoms with Gasteiger partial charge >= 0.3 is 0 Å². The van der Waals surface area contributed by atoms with Crippen LogP contribution in [0.4, 0.5) is 11.5 Å². The second-order valence-electron chi connectivity index (χ2n) is 9.27. The molecule has 1 atom stereocenters. The van der Waals surface area contributed by atoms with Gasteiger partial charge in [-0.25, -0.2) is 0 Å². The van der Waals surface area contributed by atoms with E-state index in [1.165, 1.54) is 0 Å². The van der Waals surface area contributed by atoms with E-state index >= 15 is 0 Å². The standard InChI is InChI=1S/C27H28N4O2/c1-18-9-10-22(24(32)15-18)25-21-11-13-28-17-23(21)26(30-29-25)31(19-7-5-4-6-8-19)20-12-14-33-27(2,3)16-20/h4-11,13,15,17,20,32H,12,14,16H2,1-3H3/t20-/m0/s1. The lowest BCUT2D eigenvalue weighted by atomic mass is 9.92. The fourth-order valence-electron chi connectivity index (χ4n) is 4.72. The fraction of sp³-hybridized carbons (Fsp3) is 0.296. The molecule has 0 bridgehead atoms. The van der Waals surface area contributed by atoms with Crippen LogP contribution in [-0.4, -0.2) is 38.5 Å². The lowest BCUT2D eigenvalue weighted by Gasteiger charge is -2.42. The first-order valence-corrected chi connectivity index (χ1v) is 11.3. The van der Waals surface area contributed by atoms with Crippen LogP contribution in [0.25, 0.3) is 22.0 Å². The number of phenolic OH excluding ortho intramolecular Hbond substituents is 1. The lowest BCUT2D eigenvalue weighted by molar-refractivity contribution is -0.0578. The molecule has 1 N–H and O–H groups in total. The largest absolute Gasteiger partial charge is 0.507 e. The minimum absolute atomic E-state index is 0.196. The zero-order valence-corrected chi connectivity index (χ0v) is 19.2. The Bertz CT molecular complexity index is 1290. The number of hydrogen-bond acceptors (Lipinski definition) is 6. The molecule has 2 aromatic carbocycles. The van der Waals surface area contributed by atoms with Gasteiger partial charge in [0.25, 0.3) is 0 Å². The number of benzene rings is 2. The SMILES string of the molecule is Cc1ccc(-c2nnc(N(c3ccccc3)[C@H]3CCOC(C)(C)C3)c3cnccc23)c(O)c1. The maximum Gasteiger partial charge on any atom is 0.165 e. The van der Waals surface area contributed by atoms with E-state index in [2.05, 4.69) is 41.0 Å². The van der Waals surface area contributed by atoms with Crippen LogP contribution in [-0.2, 0) is 4.74 Å². The third kappa shape index (κ3) is 4.14. The summed E-state index contributed by atoms with van der Waals surface area (Å²) in [5.41, 5.74) is 3.14. The summed E-state index contributed by atoms with van der Waals surface area (Å²) in [5.74, 6) is 0.962. The van der Waals surface area contributed by atoms with E-state index in [1.54, 1.807) is 12.3 Å². The average Bonchev–Trinajstić information content (AvgIpc) is 2.80. The Morgan fingerprint density at radius 1 is 1.03 bits per heavy atom. The van der Waals surface area contributed by atoms with Crippen molar-refractivity contribution in [1.82, 2.24) is 15.2 Å². The topological polar surface area (TPSA) is 71.4 Å². The monoisotopic (exact) mass is 440 g/mol. The molecule has 33 heavy (non-hydrogen) atoms. The third-order valence-electron chi connectivity index (χ3n) is 6.27. The van der Waals surface area contributed by atoms with Crippen LogP contribution in [0.2, 0.25) is 0 Å². The highest BCUT2D eigenvalue weighted by Gasteiger charge is 2.34. The van der Waals surface area contributed by atoms with Gasteiger partial charge in [-0.2, -0.15) is 0 Å². The highest BCUT2D eigenvalue weighted by atomic mass is 16.5. The van der Waals surface area contributed by atoms with Crippen LogP contribution >= 0.6 is 0 Å². The molecule has 1 saturated heterocycles. The van der Waals surface area contributed by atoms with Crippen molar-refractivity contribution in [3.8, 4) is 17.0 Å². The van der Waals surface area contributed by atoms with Crippen molar-refractivity contribution in [2.75, 3.05) is 11.5 Å². The summed E-state index contributed by atoms with van der Waals surface area (Å²) in [6.45, 7) is 6.92. The van der Waals surface area contributed by atoms with E-state index in [4.69, 9.17) is 9.84 Å². The predicted molar refractivity (Wildman–Crippen MR) is 131 cm³/mol. The molecule has 0 radical (unpaired) electrons. The van der Waals surface area contributed by atoms with Gasteiger partial charge in [-0.15, -0.1) is 10.2 Å². The van der Waals surface area contributed by atoms with Gasteiger partial charge in [-0.3, -0.25) is 4.98 Å². The van der Waals surface area contributed by atoms with Crippen LogP contribution in [0.5, 0.6) is 5.75 Å². The number of nitrogens with zero attached hydrogens (tertiary/aromatic N) is 4. The summed E-state index contributed by atoms with van der Waals surface area (Å²) in [6, 6.07) is 18.1. The first kappa shape index (κ1) is 21.3. The number of aromatic nitrogens is 3. The van der Waals surface area contributed by atoms with E-state index < -0.39 is 0 Å². The molecule has 0 saturated carbocycles. The Morgan fingerprint density at radius 2 is 1.85 bits per heavy atom. The summed E-state index contributed by atoms with van der Waals surface area (Å²) in [6.07, 6.45) is 5.36.